The minimum Gasteiger partial charge on any atom is -0.481 e. The zero-order chi connectivity index (χ0) is 14.8. The normalized spacial score (nSPS) is 25.1. The highest BCUT2D eigenvalue weighted by molar-refractivity contribution is 5.75. The maximum Gasteiger partial charge on any atom is 0.311 e. The van der Waals surface area contributed by atoms with Gasteiger partial charge in [0.05, 0.1) is 11.6 Å². The molecule has 0 amide bonds. The SMILES string of the molecule is CC(C)Cc1ccc(C2(C)C=CC=CC2C(=O)O)nc1. The van der Waals surface area contributed by atoms with Crippen LogP contribution >= 0.6 is 0 Å². The molecule has 3 heteroatoms. The van der Waals surface area contributed by atoms with Crippen molar-refractivity contribution in [3.63, 3.8) is 0 Å². The van der Waals surface area contributed by atoms with Crippen LogP contribution in [0.5, 0.6) is 0 Å². The Hall–Kier alpha value is -1.90. The first-order valence-electron chi connectivity index (χ1n) is 6.97. The Morgan fingerprint density at radius 3 is 2.70 bits per heavy atom. The molecule has 0 aromatic carbocycles. The third-order valence-electron chi connectivity index (χ3n) is 3.79. The van der Waals surface area contributed by atoms with E-state index in [2.05, 4.69) is 24.9 Å². The maximum atomic E-state index is 11.4. The van der Waals surface area contributed by atoms with Gasteiger partial charge in [0.15, 0.2) is 0 Å². The average Bonchev–Trinajstić information content (AvgIpc) is 2.38. The first-order valence-corrected chi connectivity index (χ1v) is 6.97. The minimum absolute atomic E-state index is 0.573. The summed E-state index contributed by atoms with van der Waals surface area (Å²) in [6.45, 7) is 6.27. The number of allylic oxidation sites excluding steroid dienone is 3. The van der Waals surface area contributed by atoms with Gasteiger partial charge in [-0.1, -0.05) is 44.2 Å². The predicted octanol–water partition coefficient (Wildman–Crippen LogP) is 3.36. The summed E-state index contributed by atoms with van der Waals surface area (Å²) in [4.78, 5) is 16.0. The second-order valence-corrected chi connectivity index (χ2v) is 5.99. The van der Waals surface area contributed by atoms with Crippen molar-refractivity contribution in [2.24, 2.45) is 11.8 Å². The van der Waals surface area contributed by atoms with Crippen molar-refractivity contribution in [1.29, 1.82) is 0 Å². The lowest BCUT2D eigenvalue weighted by molar-refractivity contribution is -0.141. The predicted molar refractivity (Wildman–Crippen MR) is 79.5 cm³/mol. The lowest BCUT2D eigenvalue weighted by Crippen LogP contribution is -2.36. The first-order chi connectivity index (χ1) is 9.43. The molecule has 0 bridgehead atoms. The van der Waals surface area contributed by atoms with Crippen LogP contribution in [-0.2, 0) is 16.6 Å². The lowest BCUT2D eigenvalue weighted by atomic mass is 9.71. The molecule has 2 atom stereocenters. The molecule has 1 heterocycles. The monoisotopic (exact) mass is 271 g/mol. The zero-order valence-electron chi connectivity index (χ0n) is 12.2. The Morgan fingerprint density at radius 1 is 1.40 bits per heavy atom. The largest absolute Gasteiger partial charge is 0.481 e. The number of pyridine rings is 1. The molecule has 2 unspecified atom stereocenters. The zero-order valence-corrected chi connectivity index (χ0v) is 12.2. The molecule has 1 aliphatic carbocycles. The standard InChI is InChI=1S/C17H21NO2/c1-12(2)10-13-7-8-15(18-11-13)17(3)9-5-4-6-14(17)16(19)20/h4-9,11-12,14H,10H2,1-3H3,(H,19,20). The Labute approximate surface area is 120 Å². The number of hydrogen-bond donors (Lipinski definition) is 1. The quantitative estimate of drug-likeness (QED) is 0.913. The van der Waals surface area contributed by atoms with Crippen LogP contribution in [0.2, 0.25) is 0 Å². The highest BCUT2D eigenvalue weighted by Crippen LogP contribution is 2.36. The highest BCUT2D eigenvalue weighted by atomic mass is 16.4. The van der Waals surface area contributed by atoms with Crippen LogP contribution in [0.3, 0.4) is 0 Å². The number of aromatic nitrogens is 1. The molecule has 0 spiro atoms. The van der Waals surface area contributed by atoms with E-state index < -0.39 is 17.3 Å². The van der Waals surface area contributed by atoms with Crippen molar-refractivity contribution in [2.75, 3.05) is 0 Å². The number of hydrogen-bond acceptors (Lipinski definition) is 2. The van der Waals surface area contributed by atoms with Crippen LogP contribution in [0, 0.1) is 11.8 Å². The van der Waals surface area contributed by atoms with E-state index in [1.807, 2.05) is 31.3 Å². The molecule has 0 aliphatic heterocycles. The topological polar surface area (TPSA) is 50.2 Å². The molecule has 0 radical (unpaired) electrons. The van der Waals surface area contributed by atoms with Gasteiger partial charge in [-0.05, 0) is 30.9 Å². The summed E-state index contributed by atoms with van der Waals surface area (Å²) in [6, 6.07) is 4.01. The van der Waals surface area contributed by atoms with Crippen LogP contribution < -0.4 is 0 Å². The smallest absolute Gasteiger partial charge is 0.311 e. The fourth-order valence-electron chi connectivity index (χ4n) is 2.65. The molecule has 20 heavy (non-hydrogen) atoms. The van der Waals surface area contributed by atoms with E-state index in [1.54, 1.807) is 12.2 Å². The maximum absolute atomic E-state index is 11.4. The Bertz CT molecular complexity index is 543. The van der Waals surface area contributed by atoms with E-state index in [-0.39, 0.29) is 0 Å². The molecule has 3 nitrogen and oxygen atoms in total. The molecule has 0 saturated heterocycles. The van der Waals surface area contributed by atoms with E-state index in [1.165, 1.54) is 5.56 Å². The van der Waals surface area contributed by atoms with Crippen molar-refractivity contribution in [3.05, 3.63) is 53.9 Å². The second kappa shape index (κ2) is 5.61. The molecule has 1 aromatic heterocycles. The van der Waals surface area contributed by atoms with Crippen LogP contribution in [0.15, 0.2) is 42.6 Å². The number of carboxylic acids is 1. The summed E-state index contributed by atoms with van der Waals surface area (Å²) < 4.78 is 0. The lowest BCUT2D eigenvalue weighted by Gasteiger charge is -2.32. The fourth-order valence-corrected chi connectivity index (χ4v) is 2.65. The second-order valence-electron chi connectivity index (χ2n) is 5.99. The average molecular weight is 271 g/mol. The van der Waals surface area contributed by atoms with Crippen LogP contribution in [0.25, 0.3) is 0 Å². The number of carboxylic acid groups (broad SMARTS) is 1. The summed E-state index contributed by atoms with van der Waals surface area (Å²) in [5.74, 6) is -0.806. The fraction of sp³-hybridized carbons (Fsp3) is 0.412. The number of aliphatic carboxylic acids is 1. The van der Waals surface area contributed by atoms with E-state index >= 15 is 0 Å². The third kappa shape index (κ3) is 2.82. The summed E-state index contributed by atoms with van der Waals surface area (Å²) in [5, 5.41) is 9.40. The van der Waals surface area contributed by atoms with Crippen molar-refractivity contribution in [3.8, 4) is 0 Å². The Kier molecular flexibility index (Phi) is 4.07. The molecule has 1 aromatic rings. The van der Waals surface area contributed by atoms with Crippen LogP contribution in [0.4, 0.5) is 0 Å². The minimum atomic E-state index is -0.818. The summed E-state index contributed by atoms with van der Waals surface area (Å²) >= 11 is 0. The molecular weight excluding hydrogens is 250 g/mol. The summed E-state index contributed by atoms with van der Waals surface area (Å²) in [5.41, 5.74) is 1.41. The molecule has 106 valence electrons. The van der Waals surface area contributed by atoms with Gasteiger partial charge in [0.25, 0.3) is 0 Å². The number of rotatable bonds is 4. The van der Waals surface area contributed by atoms with Gasteiger partial charge < -0.3 is 5.11 Å². The number of carbonyl (C=O) groups is 1. The third-order valence-corrected chi connectivity index (χ3v) is 3.79. The first kappa shape index (κ1) is 14.5. The molecular formula is C17H21NO2. The van der Waals surface area contributed by atoms with Gasteiger partial charge in [-0.25, -0.2) is 0 Å². The van der Waals surface area contributed by atoms with E-state index in [0.717, 1.165) is 12.1 Å². The van der Waals surface area contributed by atoms with Crippen molar-refractivity contribution in [2.45, 2.75) is 32.6 Å². The van der Waals surface area contributed by atoms with E-state index in [4.69, 9.17) is 0 Å². The van der Waals surface area contributed by atoms with Gasteiger partial charge in [0, 0.05) is 11.6 Å². The molecule has 1 N–H and O–H groups in total. The van der Waals surface area contributed by atoms with E-state index in [9.17, 15) is 9.90 Å². The van der Waals surface area contributed by atoms with Gasteiger partial charge in [0.1, 0.15) is 0 Å². The van der Waals surface area contributed by atoms with Crippen LogP contribution in [0.1, 0.15) is 32.0 Å². The summed E-state index contributed by atoms with van der Waals surface area (Å²) in [6.07, 6.45) is 10.2. The van der Waals surface area contributed by atoms with E-state index in [0.29, 0.717) is 5.92 Å². The highest BCUT2D eigenvalue weighted by Gasteiger charge is 2.39. The summed E-state index contributed by atoms with van der Waals surface area (Å²) in [7, 11) is 0. The molecule has 0 saturated carbocycles. The van der Waals surface area contributed by atoms with Gasteiger partial charge in [-0.3, -0.25) is 9.78 Å². The molecule has 1 aliphatic rings. The van der Waals surface area contributed by atoms with Crippen molar-refractivity contribution >= 4 is 5.97 Å². The Balaban J connectivity index is 2.31. The van der Waals surface area contributed by atoms with Gasteiger partial charge in [-0.15, -0.1) is 0 Å². The van der Waals surface area contributed by atoms with Gasteiger partial charge >= 0.3 is 5.97 Å². The number of nitrogens with zero attached hydrogens (tertiary/aromatic N) is 1. The van der Waals surface area contributed by atoms with Crippen LogP contribution in [-0.4, -0.2) is 16.1 Å². The van der Waals surface area contributed by atoms with Gasteiger partial charge in [-0.2, -0.15) is 0 Å². The van der Waals surface area contributed by atoms with Crippen molar-refractivity contribution < 1.29 is 9.90 Å². The van der Waals surface area contributed by atoms with Gasteiger partial charge in [0.2, 0.25) is 0 Å². The Morgan fingerprint density at radius 2 is 2.15 bits per heavy atom. The van der Waals surface area contributed by atoms with Crippen molar-refractivity contribution in [1.82, 2.24) is 4.98 Å². The molecule has 2 rings (SSSR count). The molecule has 0 fully saturated rings.